The quantitative estimate of drug-likeness (QED) is 0.563. The van der Waals surface area contributed by atoms with Crippen LogP contribution in [0.2, 0.25) is 0 Å². The molecular weight excluding hydrogens is 402 g/mol. The molecule has 3 aromatic carbocycles. The largest absolute Gasteiger partial charge is 0.366 e. The van der Waals surface area contributed by atoms with E-state index in [4.69, 9.17) is 5.73 Å². The van der Waals surface area contributed by atoms with Gasteiger partial charge in [-0.15, -0.1) is 0 Å². The third-order valence-corrected chi connectivity index (χ3v) is 5.98. The molecule has 0 aliphatic heterocycles. The molecular formula is C22H21N3O4S. The van der Waals surface area contributed by atoms with E-state index in [-0.39, 0.29) is 10.5 Å². The number of nitrogens with one attached hydrogen (secondary N) is 2. The van der Waals surface area contributed by atoms with Crippen LogP contribution in [-0.2, 0) is 10.0 Å². The van der Waals surface area contributed by atoms with Crippen LogP contribution in [0.4, 0.5) is 11.4 Å². The summed E-state index contributed by atoms with van der Waals surface area (Å²) in [5, 5.41) is 2.71. The molecule has 0 aliphatic rings. The van der Waals surface area contributed by atoms with E-state index in [0.717, 1.165) is 5.56 Å². The zero-order chi connectivity index (χ0) is 21.9. The van der Waals surface area contributed by atoms with Gasteiger partial charge in [0.2, 0.25) is 5.91 Å². The molecule has 0 spiro atoms. The summed E-state index contributed by atoms with van der Waals surface area (Å²) in [5.41, 5.74) is 8.40. The maximum atomic E-state index is 12.5. The number of amides is 2. The fourth-order valence-corrected chi connectivity index (χ4v) is 3.91. The van der Waals surface area contributed by atoms with Gasteiger partial charge in [0.05, 0.1) is 4.90 Å². The van der Waals surface area contributed by atoms with Gasteiger partial charge < -0.3 is 11.1 Å². The van der Waals surface area contributed by atoms with Gasteiger partial charge in [-0.2, -0.15) is 0 Å². The maximum absolute atomic E-state index is 12.5. The Morgan fingerprint density at radius 2 is 1.50 bits per heavy atom. The molecule has 0 radical (unpaired) electrons. The van der Waals surface area contributed by atoms with Crippen molar-refractivity contribution < 1.29 is 18.0 Å². The highest BCUT2D eigenvalue weighted by Crippen LogP contribution is 2.21. The first-order chi connectivity index (χ1) is 14.2. The Morgan fingerprint density at radius 3 is 2.10 bits per heavy atom. The lowest BCUT2D eigenvalue weighted by atomic mass is 10.1. The molecule has 30 heavy (non-hydrogen) atoms. The highest BCUT2D eigenvalue weighted by Gasteiger charge is 2.16. The van der Waals surface area contributed by atoms with Crippen molar-refractivity contribution in [2.45, 2.75) is 18.7 Å². The monoisotopic (exact) mass is 423 g/mol. The number of hydrogen-bond donors (Lipinski definition) is 3. The molecule has 4 N–H and O–H groups in total. The number of aryl methyl sites for hydroxylation is 1. The highest BCUT2D eigenvalue weighted by atomic mass is 32.2. The Hall–Kier alpha value is -3.65. The lowest BCUT2D eigenvalue weighted by Crippen LogP contribution is -2.17. The van der Waals surface area contributed by atoms with Crippen LogP contribution in [0, 0.1) is 13.8 Å². The molecule has 0 aromatic heterocycles. The first-order valence-electron chi connectivity index (χ1n) is 9.08. The average Bonchev–Trinajstić information content (AvgIpc) is 2.71. The summed E-state index contributed by atoms with van der Waals surface area (Å²) in [7, 11) is -3.78. The van der Waals surface area contributed by atoms with Crippen LogP contribution in [0.3, 0.4) is 0 Å². The van der Waals surface area contributed by atoms with Crippen molar-refractivity contribution >= 4 is 33.2 Å². The summed E-state index contributed by atoms with van der Waals surface area (Å²) in [6, 6.07) is 17.4. The predicted molar refractivity (Wildman–Crippen MR) is 116 cm³/mol. The molecule has 8 heteroatoms. The first-order valence-corrected chi connectivity index (χ1v) is 10.6. The molecule has 0 heterocycles. The summed E-state index contributed by atoms with van der Waals surface area (Å²) >= 11 is 0. The number of nitrogens with two attached hydrogens (primary N) is 1. The summed E-state index contributed by atoms with van der Waals surface area (Å²) in [5.74, 6) is -1.02. The van der Waals surface area contributed by atoms with Crippen molar-refractivity contribution in [3.05, 3.63) is 89.0 Å². The average molecular weight is 423 g/mol. The molecule has 0 fully saturated rings. The summed E-state index contributed by atoms with van der Waals surface area (Å²) in [4.78, 5) is 24.0. The molecule has 0 saturated heterocycles. The maximum Gasteiger partial charge on any atom is 0.261 e. The number of carbonyl (C=O) groups is 2. The highest BCUT2D eigenvalue weighted by molar-refractivity contribution is 7.92. The third kappa shape index (κ3) is 4.66. The molecule has 3 rings (SSSR count). The molecule has 7 nitrogen and oxygen atoms in total. The lowest BCUT2D eigenvalue weighted by molar-refractivity contribution is 0.0995. The molecule has 3 aromatic rings. The van der Waals surface area contributed by atoms with Gasteiger partial charge in [0, 0.05) is 22.5 Å². The van der Waals surface area contributed by atoms with Gasteiger partial charge in [-0.1, -0.05) is 23.8 Å². The Kier molecular flexibility index (Phi) is 5.89. The molecule has 0 bridgehead atoms. The van der Waals surface area contributed by atoms with Crippen molar-refractivity contribution in [3.63, 3.8) is 0 Å². The fraction of sp³-hybridized carbons (Fsp3) is 0.0909. The second-order valence-corrected chi connectivity index (χ2v) is 8.47. The molecule has 0 saturated carbocycles. The molecule has 154 valence electrons. The molecule has 0 unspecified atom stereocenters. The van der Waals surface area contributed by atoms with Crippen LogP contribution < -0.4 is 15.8 Å². The fourth-order valence-electron chi connectivity index (χ4n) is 2.85. The van der Waals surface area contributed by atoms with Crippen LogP contribution in [-0.4, -0.2) is 20.2 Å². The van der Waals surface area contributed by atoms with E-state index in [0.29, 0.717) is 22.5 Å². The Labute approximate surface area is 175 Å². The van der Waals surface area contributed by atoms with Gasteiger partial charge in [0.25, 0.3) is 15.9 Å². The number of primary amides is 1. The van der Waals surface area contributed by atoms with Crippen molar-refractivity contribution in [2.24, 2.45) is 5.73 Å². The van der Waals surface area contributed by atoms with Gasteiger partial charge >= 0.3 is 0 Å². The van der Waals surface area contributed by atoms with E-state index in [9.17, 15) is 18.0 Å². The molecule has 2 amide bonds. The van der Waals surface area contributed by atoms with Crippen LogP contribution in [0.25, 0.3) is 0 Å². The molecule has 0 atom stereocenters. The number of anilines is 2. The number of benzene rings is 3. The topological polar surface area (TPSA) is 118 Å². The first kappa shape index (κ1) is 21.1. The number of hydrogen-bond acceptors (Lipinski definition) is 4. The predicted octanol–water partition coefficient (Wildman–Crippen LogP) is 3.46. The van der Waals surface area contributed by atoms with E-state index in [1.807, 2.05) is 6.92 Å². The summed E-state index contributed by atoms with van der Waals surface area (Å²) in [6.45, 7) is 3.59. The summed E-state index contributed by atoms with van der Waals surface area (Å²) in [6.07, 6.45) is 0. The van der Waals surface area contributed by atoms with Gasteiger partial charge in [-0.3, -0.25) is 14.3 Å². The van der Waals surface area contributed by atoms with Crippen molar-refractivity contribution in [1.29, 1.82) is 0 Å². The van der Waals surface area contributed by atoms with Crippen molar-refractivity contribution in [1.82, 2.24) is 0 Å². The minimum absolute atomic E-state index is 0.0338. The van der Waals surface area contributed by atoms with E-state index in [2.05, 4.69) is 10.0 Å². The Morgan fingerprint density at radius 1 is 0.867 bits per heavy atom. The van der Waals surface area contributed by atoms with Crippen LogP contribution in [0.1, 0.15) is 31.8 Å². The van der Waals surface area contributed by atoms with E-state index in [1.54, 1.807) is 49.4 Å². The van der Waals surface area contributed by atoms with Gasteiger partial charge in [0.1, 0.15) is 0 Å². The summed E-state index contributed by atoms with van der Waals surface area (Å²) < 4.78 is 27.6. The zero-order valence-corrected chi connectivity index (χ0v) is 17.3. The van der Waals surface area contributed by atoms with Gasteiger partial charge in [-0.25, -0.2) is 8.42 Å². The Balaban J connectivity index is 1.76. The number of sulfonamides is 1. The van der Waals surface area contributed by atoms with Crippen molar-refractivity contribution in [3.8, 4) is 0 Å². The minimum atomic E-state index is -3.78. The SMILES string of the molecule is Cc1ccc(NS(=O)(=O)c2ccc(C(=O)Nc3cccc(C(N)=O)c3C)cc2)cc1. The second kappa shape index (κ2) is 8.38. The van der Waals surface area contributed by atoms with Crippen LogP contribution in [0.5, 0.6) is 0 Å². The van der Waals surface area contributed by atoms with E-state index < -0.39 is 21.8 Å². The van der Waals surface area contributed by atoms with E-state index >= 15 is 0 Å². The van der Waals surface area contributed by atoms with E-state index in [1.165, 1.54) is 24.3 Å². The minimum Gasteiger partial charge on any atom is -0.366 e. The number of carbonyl (C=O) groups excluding carboxylic acids is 2. The zero-order valence-electron chi connectivity index (χ0n) is 16.5. The molecule has 0 aliphatic carbocycles. The smallest absolute Gasteiger partial charge is 0.261 e. The van der Waals surface area contributed by atoms with Gasteiger partial charge in [0.15, 0.2) is 0 Å². The standard InChI is InChI=1S/C22H21N3O4S/c1-14-6-10-17(11-7-14)25-30(28,29)18-12-8-16(9-13-18)22(27)24-20-5-3-4-19(15(20)2)21(23)26/h3-13,25H,1-2H3,(H2,23,26)(H,24,27). The van der Waals surface area contributed by atoms with Crippen LogP contribution >= 0.6 is 0 Å². The van der Waals surface area contributed by atoms with Gasteiger partial charge in [-0.05, 0) is 67.9 Å². The third-order valence-electron chi connectivity index (χ3n) is 4.58. The lowest BCUT2D eigenvalue weighted by Gasteiger charge is -2.12. The Bertz CT molecular complexity index is 1200. The second-order valence-electron chi connectivity index (χ2n) is 6.79. The van der Waals surface area contributed by atoms with Crippen LogP contribution in [0.15, 0.2) is 71.6 Å². The van der Waals surface area contributed by atoms with Crippen molar-refractivity contribution in [2.75, 3.05) is 10.0 Å². The number of rotatable bonds is 6. The normalized spacial score (nSPS) is 11.0.